The van der Waals surface area contributed by atoms with E-state index in [9.17, 15) is 9.18 Å². The molecule has 2 aromatic carbocycles. The Hall–Kier alpha value is -2.27. The summed E-state index contributed by atoms with van der Waals surface area (Å²) in [4.78, 5) is 12.0. The lowest BCUT2D eigenvalue weighted by atomic mass is 10.1. The first-order valence-corrected chi connectivity index (χ1v) is 6.44. The summed E-state index contributed by atoms with van der Waals surface area (Å²) in [6, 6.07) is 9.00. The van der Waals surface area contributed by atoms with Gasteiger partial charge >= 0.3 is 5.97 Å². The van der Waals surface area contributed by atoms with Crippen LogP contribution >= 0.6 is 11.6 Å². The third-order valence-corrected chi connectivity index (χ3v) is 3.17. The summed E-state index contributed by atoms with van der Waals surface area (Å²) < 4.78 is 23.4. The van der Waals surface area contributed by atoms with Gasteiger partial charge in [0.25, 0.3) is 0 Å². The zero-order valence-electron chi connectivity index (χ0n) is 11.2. The number of para-hydroxylation sites is 1. The van der Waals surface area contributed by atoms with Gasteiger partial charge in [0.1, 0.15) is 18.2 Å². The molecule has 2 N–H and O–H groups in total. The number of nitrogen functional groups attached to an aromatic ring is 1. The van der Waals surface area contributed by atoms with E-state index in [-0.39, 0.29) is 22.9 Å². The number of methoxy groups -OCH3 is 1. The van der Waals surface area contributed by atoms with E-state index in [2.05, 4.69) is 0 Å². The molecule has 2 rings (SSSR count). The fourth-order valence-corrected chi connectivity index (χ4v) is 1.87. The van der Waals surface area contributed by atoms with E-state index >= 15 is 0 Å². The first-order chi connectivity index (χ1) is 10.0. The van der Waals surface area contributed by atoms with Crippen molar-refractivity contribution in [2.45, 2.75) is 6.61 Å². The molecular weight excluding hydrogens is 297 g/mol. The molecule has 0 saturated heterocycles. The van der Waals surface area contributed by atoms with Crippen molar-refractivity contribution in [2.75, 3.05) is 12.8 Å². The second-order valence-electron chi connectivity index (χ2n) is 4.25. The van der Waals surface area contributed by atoms with Crippen molar-refractivity contribution >= 4 is 23.3 Å². The molecule has 6 heteroatoms. The van der Waals surface area contributed by atoms with Crippen LogP contribution in [0.3, 0.4) is 0 Å². The minimum Gasteiger partial charge on any atom is -0.495 e. The summed E-state index contributed by atoms with van der Waals surface area (Å²) in [6.45, 7) is -0.0798. The van der Waals surface area contributed by atoms with Gasteiger partial charge in [-0.05, 0) is 29.8 Å². The van der Waals surface area contributed by atoms with Crippen LogP contribution in [0.2, 0.25) is 5.02 Å². The Labute approximate surface area is 126 Å². The van der Waals surface area contributed by atoms with Gasteiger partial charge in [0, 0.05) is 0 Å². The van der Waals surface area contributed by atoms with Crippen LogP contribution in [-0.2, 0) is 11.3 Å². The average molecular weight is 310 g/mol. The molecule has 2 aromatic rings. The van der Waals surface area contributed by atoms with Crippen molar-refractivity contribution in [1.82, 2.24) is 0 Å². The van der Waals surface area contributed by atoms with E-state index in [1.54, 1.807) is 18.2 Å². The number of carbonyl (C=O) groups is 1. The van der Waals surface area contributed by atoms with Gasteiger partial charge in [0.2, 0.25) is 0 Å². The van der Waals surface area contributed by atoms with Gasteiger partial charge in [0.05, 0.1) is 23.4 Å². The fraction of sp³-hybridized carbons (Fsp3) is 0.133. The summed E-state index contributed by atoms with van der Waals surface area (Å²) in [7, 11) is 1.46. The zero-order chi connectivity index (χ0) is 15.4. The number of halogens is 2. The van der Waals surface area contributed by atoms with Crippen LogP contribution in [0.15, 0.2) is 36.4 Å². The Morgan fingerprint density at radius 2 is 2.10 bits per heavy atom. The quantitative estimate of drug-likeness (QED) is 0.694. The monoisotopic (exact) mass is 309 g/mol. The molecule has 0 unspecified atom stereocenters. The summed E-state index contributed by atoms with van der Waals surface area (Å²) in [6.07, 6.45) is 0. The number of carbonyl (C=O) groups excluding carboxylic acids is 1. The van der Waals surface area contributed by atoms with Gasteiger partial charge in [-0.1, -0.05) is 23.7 Å². The van der Waals surface area contributed by atoms with Crippen LogP contribution in [0.25, 0.3) is 0 Å². The van der Waals surface area contributed by atoms with Gasteiger partial charge in [-0.3, -0.25) is 0 Å². The van der Waals surface area contributed by atoms with E-state index in [1.807, 2.05) is 0 Å². The largest absolute Gasteiger partial charge is 0.495 e. The van der Waals surface area contributed by atoms with E-state index < -0.39 is 11.8 Å². The number of hydrogen-bond acceptors (Lipinski definition) is 4. The summed E-state index contributed by atoms with van der Waals surface area (Å²) in [5, 5.41) is 0.0158. The van der Waals surface area contributed by atoms with Crippen molar-refractivity contribution in [3.63, 3.8) is 0 Å². The van der Waals surface area contributed by atoms with Crippen LogP contribution in [0, 0.1) is 5.82 Å². The van der Waals surface area contributed by atoms with Gasteiger partial charge in [0.15, 0.2) is 0 Å². The first-order valence-electron chi connectivity index (χ1n) is 6.06. The first kappa shape index (κ1) is 15.1. The Morgan fingerprint density at radius 1 is 1.33 bits per heavy atom. The highest BCUT2D eigenvalue weighted by atomic mass is 35.5. The molecular formula is C15H13ClFNO3. The lowest BCUT2D eigenvalue weighted by Crippen LogP contribution is -2.09. The van der Waals surface area contributed by atoms with Crippen LogP contribution in [0.4, 0.5) is 10.1 Å². The molecule has 0 amide bonds. The zero-order valence-corrected chi connectivity index (χ0v) is 12.0. The topological polar surface area (TPSA) is 61.5 Å². The molecule has 4 nitrogen and oxygen atoms in total. The van der Waals surface area contributed by atoms with Crippen LogP contribution < -0.4 is 10.5 Å². The minimum absolute atomic E-state index is 0.0158. The Kier molecular flexibility index (Phi) is 4.65. The molecule has 0 bridgehead atoms. The smallest absolute Gasteiger partial charge is 0.340 e. The van der Waals surface area contributed by atoms with Gasteiger partial charge < -0.3 is 15.2 Å². The van der Waals surface area contributed by atoms with Crippen LogP contribution in [0.5, 0.6) is 5.75 Å². The Morgan fingerprint density at radius 3 is 2.76 bits per heavy atom. The molecule has 0 aliphatic rings. The van der Waals surface area contributed by atoms with E-state index in [1.165, 1.54) is 25.3 Å². The standard InChI is InChI=1S/C15H13ClFNO3/c1-20-13-4-2-3-10(14(13)18)15(19)21-8-9-5-6-11(16)12(17)7-9/h2-7H,8,18H2,1H3. The highest BCUT2D eigenvalue weighted by Crippen LogP contribution is 2.25. The van der Waals surface area contributed by atoms with Crippen molar-refractivity contribution in [1.29, 1.82) is 0 Å². The van der Waals surface area contributed by atoms with Crippen molar-refractivity contribution in [2.24, 2.45) is 0 Å². The molecule has 0 atom stereocenters. The fourth-order valence-electron chi connectivity index (χ4n) is 1.76. The minimum atomic E-state index is -0.609. The average Bonchev–Trinajstić information content (AvgIpc) is 2.48. The Balaban J connectivity index is 2.10. The molecule has 110 valence electrons. The van der Waals surface area contributed by atoms with E-state index in [0.29, 0.717) is 11.3 Å². The molecule has 0 aliphatic carbocycles. The maximum Gasteiger partial charge on any atom is 0.340 e. The van der Waals surface area contributed by atoms with Crippen LogP contribution in [0.1, 0.15) is 15.9 Å². The van der Waals surface area contributed by atoms with Crippen LogP contribution in [-0.4, -0.2) is 13.1 Å². The Bertz CT molecular complexity index is 676. The third kappa shape index (κ3) is 3.44. The third-order valence-electron chi connectivity index (χ3n) is 2.86. The van der Waals surface area contributed by atoms with Crippen molar-refractivity contribution in [3.8, 4) is 5.75 Å². The summed E-state index contributed by atoms with van der Waals surface area (Å²) in [5.41, 5.74) is 6.70. The summed E-state index contributed by atoms with van der Waals surface area (Å²) >= 11 is 5.58. The number of hydrogen-bond donors (Lipinski definition) is 1. The number of benzene rings is 2. The predicted molar refractivity (Wildman–Crippen MR) is 77.9 cm³/mol. The number of esters is 1. The van der Waals surface area contributed by atoms with Gasteiger partial charge in [-0.25, -0.2) is 9.18 Å². The molecule has 21 heavy (non-hydrogen) atoms. The molecule has 0 aliphatic heterocycles. The van der Waals surface area contributed by atoms with E-state index in [0.717, 1.165) is 0 Å². The normalized spacial score (nSPS) is 10.2. The highest BCUT2D eigenvalue weighted by molar-refractivity contribution is 6.30. The maximum absolute atomic E-state index is 13.3. The molecule has 0 aromatic heterocycles. The lowest BCUT2D eigenvalue weighted by Gasteiger charge is -2.10. The SMILES string of the molecule is COc1cccc(C(=O)OCc2ccc(Cl)c(F)c2)c1N. The number of rotatable bonds is 4. The highest BCUT2D eigenvalue weighted by Gasteiger charge is 2.14. The second-order valence-corrected chi connectivity index (χ2v) is 4.65. The number of anilines is 1. The second kappa shape index (κ2) is 6.45. The lowest BCUT2D eigenvalue weighted by molar-refractivity contribution is 0.0473. The molecule has 0 saturated carbocycles. The number of nitrogens with two attached hydrogens (primary N) is 1. The molecule has 0 heterocycles. The van der Waals surface area contributed by atoms with Gasteiger partial charge in [-0.2, -0.15) is 0 Å². The maximum atomic E-state index is 13.3. The van der Waals surface area contributed by atoms with Crippen molar-refractivity contribution in [3.05, 3.63) is 58.4 Å². The number of ether oxygens (including phenoxy) is 2. The molecule has 0 fully saturated rings. The predicted octanol–water partition coefficient (Wildman–Crippen LogP) is 3.43. The van der Waals surface area contributed by atoms with Crippen molar-refractivity contribution < 1.29 is 18.7 Å². The molecule has 0 spiro atoms. The van der Waals surface area contributed by atoms with Gasteiger partial charge in [-0.15, -0.1) is 0 Å². The van der Waals surface area contributed by atoms with E-state index in [4.69, 9.17) is 26.8 Å². The summed E-state index contributed by atoms with van der Waals surface area (Å²) in [5.74, 6) is -0.783. The molecule has 0 radical (unpaired) electrons.